The summed E-state index contributed by atoms with van der Waals surface area (Å²) < 4.78 is 2.21. The van der Waals surface area contributed by atoms with Gasteiger partial charge in [-0.3, -0.25) is 4.79 Å². The molecule has 1 aromatic heterocycles. The second kappa shape index (κ2) is 8.00. The largest absolute Gasteiger partial charge is 0.368 e. The van der Waals surface area contributed by atoms with Crippen LogP contribution in [0.3, 0.4) is 0 Å². The lowest BCUT2D eigenvalue weighted by molar-refractivity contribution is -0.911. The Morgan fingerprint density at radius 3 is 2.61 bits per heavy atom. The van der Waals surface area contributed by atoms with E-state index in [4.69, 9.17) is 0 Å². The van der Waals surface area contributed by atoms with Crippen LogP contribution in [0.5, 0.6) is 0 Å². The Hall–Kier alpha value is -2.27. The van der Waals surface area contributed by atoms with Crippen LogP contribution in [0.1, 0.15) is 35.7 Å². The summed E-state index contributed by atoms with van der Waals surface area (Å²) in [6.45, 7) is 9.59. The average molecular weight is 382 g/mol. The van der Waals surface area contributed by atoms with Gasteiger partial charge in [-0.2, -0.15) is 0 Å². The number of hydrogen-bond donors (Lipinski definition) is 1. The van der Waals surface area contributed by atoms with Crippen LogP contribution in [0.2, 0.25) is 0 Å². The number of benzene rings is 1. The van der Waals surface area contributed by atoms with Crippen molar-refractivity contribution < 1.29 is 9.69 Å². The molecule has 1 amide bonds. The summed E-state index contributed by atoms with van der Waals surface area (Å²) in [4.78, 5) is 18.9. The van der Waals surface area contributed by atoms with E-state index in [1.54, 1.807) is 0 Å². The fourth-order valence-corrected chi connectivity index (χ4v) is 4.90. The fraction of sp³-hybridized carbons (Fsp3) is 0.522. The number of hydrogen-bond acceptors (Lipinski definition) is 2. The molecular weight excluding hydrogens is 348 g/mol. The van der Waals surface area contributed by atoms with Crippen molar-refractivity contribution in [3.05, 3.63) is 53.3 Å². The van der Waals surface area contributed by atoms with Crippen molar-refractivity contribution in [1.82, 2.24) is 9.47 Å². The minimum Gasteiger partial charge on any atom is -0.368 e. The molecule has 5 heteroatoms. The molecule has 2 aliphatic heterocycles. The summed E-state index contributed by atoms with van der Waals surface area (Å²) in [5.41, 5.74) is 5.37. The Kier molecular flexibility index (Phi) is 5.44. The number of piperazine rings is 1. The third-order valence-electron chi connectivity index (χ3n) is 6.75. The van der Waals surface area contributed by atoms with E-state index in [-0.39, 0.29) is 0 Å². The lowest BCUT2D eigenvalue weighted by Crippen LogP contribution is -3.11. The third kappa shape index (κ3) is 3.68. The Morgan fingerprint density at radius 1 is 1.11 bits per heavy atom. The molecule has 1 unspecified atom stereocenters. The number of quaternary nitrogens is 1. The monoisotopic (exact) mass is 381 g/mol. The quantitative estimate of drug-likeness (QED) is 0.875. The highest BCUT2D eigenvalue weighted by molar-refractivity contribution is 5.77. The molecule has 1 N–H and O–H groups in total. The number of nitrogens with one attached hydrogen (secondary N) is 1. The average Bonchev–Trinajstić information content (AvgIpc) is 3.32. The van der Waals surface area contributed by atoms with Gasteiger partial charge in [-0.15, -0.1) is 0 Å². The van der Waals surface area contributed by atoms with E-state index < -0.39 is 0 Å². The highest BCUT2D eigenvalue weighted by atomic mass is 16.2. The standard InChI is InChI=1S/C23H32N4O/c1-18-7-4-8-20(19(18)2)25-13-15-26(16-14-25)23(28)17-27-12-6-10-22(27)21-9-5-11-24(21)3/h4-5,7-9,11,22H,6,10,12-17H2,1-3H3/p+1/t22-/m0/s1. The Balaban J connectivity index is 1.35. The van der Waals surface area contributed by atoms with Crippen LogP contribution in [0, 0.1) is 13.8 Å². The molecule has 1 aromatic carbocycles. The minimum atomic E-state index is 0.316. The van der Waals surface area contributed by atoms with E-state index in [0.717, 1.165) is 32.7 Å². The maximum atomic E-state index is 13.0. The molecule has 5 nitrogen and oxygen atoms in total. The zero-order valence-corrected chi connectivity index (χ0v) is 17.4. The summed E-state index contributed by atoms with van der Waals surface area (Å²) in [7, 11) is 2.11. The Labute approximate surface area is 168 Å². The molecule has 150 valence electrons. The molecule has 0 spiro atoms. The van der Waals surface area contributed by atoms with Gasteiger partial charge in [0.2, 0.25) is 0 Å². The van der Waals surface area contributed by atoms with Crippen LogP contribution in [0.15, 0.2) is 36.5 Å². The topological polar surface area (TPSA) is 32.9 Å². The van der Waals surface area contributed by atoms with Gasteiger partial charge in [0.15, 0.2) is 6.54 Å². The second-order valence-corrected chi connectivity index (χ2v) is 8.41. The summed E-state index contributed by atoms with van der Waals surface area (Å²) in [5.74, 6) is 0.316. The van der Waals surface area contributed by atoms with Gasteiger partial charge in [-0.1, -0.05) is 12.1 Å². The van der Waals surface area contributed by atoms with Crippen molar-refractivity contribution in [2.45, 2.75) is 32.7 Å². The van der Waals surface area contributed by atoms with Gasteiger partial charge in [-0.25, -0.2) is 0 Å². The van der Waals surface area contributed by atoms with Crippen molar-refractivity contribution in [1.29, 1.82) is 0 Å². The zero-order valence-electron chi connectivity index (χ0n) is 17.4. The molecule has 2 atom stereocenters. The summed E-state index contributed by atoms with van der Waals surface area (Å²) in [6, 6.07) is 11.3. The predicted octanol–water partition coefficient (Wildman–Crippen LogP) is 1.71. The molecule has 2 saturated heterocycles. The van der Waals surface area contributed by atoms with E-state index in [2.05, 4.69) is 71.8 Å². The van der Waals surface area contributed by atoms with Gasteiger partial charge < -0.3 is 19.3 Å². The first-order valence-corrected chi connectivity index (χ1v) is 10.6. The molecule has 2 fully saturated rings. The zero-order chi connectivity index (χ0) is 19.7. The predicted molar refractivity (Wildman–Crippen MR) is 113 cm³/mol. The summed E-state index contributed by atoms with van der Waals surface area (Å²) >= 11 is 0. The van der Waals surface area contributed by atoms with Gasteiger partial charge in [-0.05, 0) is 43.2 Å². The lowest BCUT2D eigenvalue weighted by Gasteiger charge is -2.37. The Morgan fingerprint density at radius 2 is 1.89 bits per heavy atom. The van der Waals surface area contributed by atoms with Gasteiger partial charge >= 0.3 is 0 Å². The van der Waals surface area contributed by atoms with Gasteiger partial charge in [0.1, 0.15) is 6.04 Å². The molecule has 0 radical (unpaired) electrons. The van der Waals surface area contributed by atoms with E-state index in [9.17, 15) is 4.79 Å². The highest BCUT2D eigenvalue weighted by Gasteiger charge is 2.34. The summed E-state index contributed by atoms with van der Waals surface area (Å²) in [5, 5.41) is 0. The molecule has 0 bridgehead atoms. The molecular formula is C23H33N4O+. The number of amides is 1. The molecule has 3 heterocycles. The molecule has 2 aromatic rings. The minimum absolute atomic E-state index is 0.316. The molecule has 28 heavy (non-hydrogen) atoms. The number of carbonyl (C=O) groups is 1. The maximum absolute atomic E-state index is 13.0. The van der Waals surface area contributed by atoms with Crippen LogP contribution >= 0.6 is 0 Å². The highest BCUT2D eigenvalue weighted by Crippen LogP contribution is 2.24. The van der Waals surface area contributed by atoms with Crippen molar-refractivity contribution in [3.63, 3.8) is 0 Å². The first-order chi connectivity index (χ1) is 13.5. The SMILES string of the molecule is Cc1cccc(N2CCN(C(=O)C[NH+]3CCC[C@H]3c3cccn3C)CC2)c1C. The van der Waals surface area contributed by atoms with Crippen LogP contribution in [0.4, 0.5) is 5.69 Å². The fourth-order valence-electron chi connectivity index (χ4n) is 4.90. The van der Waals surface area contributed by atoms with E-state index in [1.807, 2.05) is 0 Å². The molecule has 0 saturated carbocycles. The number of anilines is 1. The molecule has 4 rings (SSSR count). The number of aromatic nitrogens is 1. The smallest absolute Gasteiger partial charge is 0.277 e. The van der Waals surface area contributed by atoms with Crippen molar-refractivity contribution in [2.75, 3.05) is 44.2 Å². The van der Waals surface area contributed by atoms with Crippen LogP contribution in [-0.2, 0) is 11.8 Å². The van der Waals surface area contributed by atoms with Crippen molar-refractivity contribution >= 4 is 11.6 Å². The summed E-state index contributed by atoms with van der Waals surface area (Å²) in [6.07, 6.45) is 4.50. The van der Waals surface area contributed by atoms with Gasteiger partial charge in [0, 0.05) is 58.0 Å². The van der Waals surface area contributed by atoms with Crippen molar-refractivity contribution in [3.8, 4) is 0 Å². The van der Waals surface area contributed by atoms with E-state index >= 15 is 0 Å². The Bertz CT molecular complexity index is 835. The number of nitrogens with zero attached hydrogens (tertiary/aromatic N) is 3. The van der Waals surface area contributed by atoms with E-state index in [0.29, 0.717) is 18.5 Å². The van der Waals surface area contributed by atoms with E-state index in [1.165, 1.54) is 40.2 Å². The van der Waals surface area contributed by atoms with Crippen LogP contribution < -0.4 is 9.80 Å². The first-order valence-electron chi connectivity index (χ1n) is 10.6. The third-order valence-corrected chi connectivity index (χ3v) is 6.75. The number of rotatable bonds is 4. The number of likely N-dealkylation sites (tertiary alicyclic amines) is 1. The second-order valence-electron chi connectivity index (χ2n) is 8.41. The normalized spacial score (nSPS) is 22.7. The number of aryl methyl sites for hydroxylation is 2. The number of carbonyl (C=O) groups excluding carboxylic acids is 1. The molecule has 2 aliphatic rings. The van der Waals surface area contributed by atoms with Crippen molar-refractivity contribution in [2.24, 2.45) is 7.05 Å². The van der Waals surface area contributed by atoms with Crippen LogP contribution in [0.25, 0.3) is 0 Å². The first kappa shape index (κ1) is 19.1. The van der Waals surface area contributed by atoms with Crippen LogP contribution in [-0.4, -0.2) is 54.6 Å². The lowest BCUT2D eigenvalue weighted by atomic mass is 10.1. The molecule has 0 aliphatic carbocycles. The van der Waals surface area contributed by atoms with Gasteiger partial charge in [0.25, 0.3) is 5.91 Å². The maximum Gasteiger partial charge on any atom is 0.277 e. The van der Waals surface area contributed by atoms with Gasteiger partial charge in [0.05, 0.1) is 12.2 Å².